The van der Waals surface area contributed by atoms with E-state index in [-0.39, 0.29) is 24.0 Å². The number of rotatable bonds is 9. The summed E-state index contributed by atoms with van der Waals surface area (Å²) in [5.41, 5.74) is 2.14. The van der Waals surface area contributed by atoms with E-state index in [4.69, 9.17) is 4.74 Å². The number of methoxy groups -OCH3 is 1. The number of aryl methyl sites for hydroxylation is 1. The molecule has 0 atom stereocenters. The highest BCUT2D eigenvalue weighted by molar-refractivity contribution is 14.0. The van der Waals surface area contributed by atoms with Crippen LogP contribution in [0.1, 0.15) is 25.2 Å². The molecule has 2 rings (SSSR count). The molecular weight excluding hydrogens is 455 g/mol. The van der Waals surface area contributed by atoms with Gasteiger partial charge in [-0.25, -0.2) is 4.99 Å². The van der Waals surface area contributed by atoms with Crippen LogP contribution in [0.15, 0.2) is 47.7 Å². The SMILES string of the molecule is C=C(C)CNC(=NCc1cccc(OC)c1)NCCn1cnnc1CC.I. The summed E-state index contributed by atoms with van der Waals surface area (Å²) < 4.78 is 7.31. The van der Waals surface area contributed by atoms with E-state index in [0.717, 1.165) is 48.2 Å². The van der Waals surface area contributed by atoms with Crippen LogP contribution in [0.2, 0.25) is 0 Å². The molecule has 0 fully saturated rings. The van der Waals surface area contributed by atoms with E-state index in [0.29, 0.717) is 13.1 Å². The molecule has 0 spiro atoms. The van der Waals surface area contributed by atoms with E-state index in [9.17, 15) is 0 Å². The third kappa shape index (κ3) is 7.98. The van der Waals surface area contributed by atoms with Gasteiger partial charge in [-0.2, -0.15) is 0 Å². The number of aromatic nitrogens is 3. The zero-order valence-electron chi connectivity index (χ0n) is 16.2. The van der Waals surface area contributed by atoms with Crippen LogP contribution in [0.25, 0.3) is 0 Å². The van der Waals surface area contributed by atoms with Crippen molar-refractivity contribution in [1.29, 1.82) is 0 Å². The van der Waals surface area contributed by atoms with Crippen LogP contribution in [0, 0.1) is 0 Å². The summed E-state index contributed by atoms with van der Waals surface area (Å²) in [6.45, 7) is 10.7. The van der Waals surface area contributed by atoms with Gasteiger partial charge in [-0.05, 0) is 24.6 Å². The molecule has 0 aliphatic carbocycles. The first-order valence-corrected chi connectivity index (χ1v) is 8.78. The average Bonchev–Trinajstić information content (AvgIpc) is 3.11. The Morgan fingerprint density at radius 3 is 2.85 bits per heavy atom. The number of benzene rings is 1. The first-order chi connectivity index (χ1) is 12.6. The van der Waals surface area contributed by atoms with Crippen molar-refractivity contribution < 1.29 is 4.74 Å². The monoisotopic (exact) mass is 484 g/mol. The molecule has 2 aromatic rings. The molecular formula is C19H29IN6O. The summed E-state index contributed by atoms with van der Waals surface area (Å²) >= 11 is 0. The second kappa shape index (κ2) is 12.3. The van der Waals surface area contributed by atoms with Gasteiger partial charge in [-0.15, -0.1) is 34.2 Å². The van der Waals surface area contributed by atoms with Gasteiger partial charge in [0.25, 0.3) is 0 Å². The minimum absolute atomic E-state index is 0. The molecule has 0 saturated heterocycles. The topological polar surface area (TPSA) is 76.4 Å². The molecule has 1 aromatic carbocycles. The average molecular weight is 484 g/mol. The number of guanidine groups is 1. The fraction of sp³-hybridized carbons (Fsp3) is 0.421. The summed E-state index contributed by atoms with van der Waals surface area (Å²) in [6.07, 6.45) is 2.62. The molecule has 0 aliphatic heterocycles. The molecule has 27 heavy (non-hydrogen) atoms. The molecule has 0 aliphatic rings. The normalized spacial score (nSPS) is 10.9. The minimum atomic E-state index is 0. The van der Waals surface area contributed by atoms with E-state index in [1.165, 1.54) is 0 Å². The summed E-state index contributed by atoms with van der Waals surface area (Å²) in [6, 6.07) is 7.92. The van der Waals surface area contributed by atoms with Crippen LogP contribution in [-0.2, 0) is 19.5 Å². The number of nitrogens with one attached hydrogen (secondary N) is 2. The zero-order chi connectivity index (χ0) is 18.8. The fourth-order valence-electron chi connectivity index (χ4n) is 2.38. The maximum atomic E-state index is 5.26. The number of aliphatic imine (C=N–C) groups is 1. The van der Waals surface area contributed by atoms with Gasteiger partial charge in [0.2, 0.25) is 0 Å². The Labute approximate surface area is 178 Å². The Kier molecular flexibility index (Phi) is 10.5. The predicted molar refractivity (Wildman–Crippen MR) is 120 cm³/mol. The highest BCUT2D eigenvalue weighted by Crippen LogP contribution is 2.13. The van der Waals surface area contributed by atoms with E-state index < -0.39 is 0 Å². The highest BCUT2D eigenvalue weighted by Gasteiger charge is 2.03. The van der Waals surface area contributed by atoms with Gasteiger partial charge in [0.15, 0.2) is 5.96 Å². The van der Waals surface area contributed by atoms with Crippen molar-refractivity contribution >= 4 is 29.9 Å². The number of hydrogen-bond acceptors (Lipinski definition) is 4. The summed E-state index contributed by atoms with van der Waals surface area (Å²) in [5.74, 6) is 2.57. The molecule has 0 radical (unpaired) electrons. The van der Waals surface area contributed by atoms with Crippen LogP contribution < -0.4 is 15.4 Å². The quantitative estimate of drug-likeness (QED) is 0.248. The van der Waals surface area contributed by atoms with Gasteiger partial charge >= 0.3 is 0 Å². The van der Waals surface area contributed by atoms with Gasteiger partial charge in [-0.3, -0.25) is 0 Å². The predicted octanol–water partition coefficient (Wildman–Crippen LogP) is 2.78. The molecule has 0 saturated carbocycles. The Hall–Kier alpha value is -2.10. The molecule has 1 heterocycles. The maximum absolute atomic E-state index is 5.26. The third-order valence-corrected chi connectivity index (χ3v) is 3.77. The lowest BCUT2D eigenvalue weighted by Gasteiger charge is -2.13. The van der Waals surface area contributed by atoms with Gasteiger partial charge in [0.1, 0.15) is 17.9 Å². The summed E-state index contributed by atoms with van der Waals surface area (Å²) in [7, 11) is 1.67. The van der Waals surface area contributed by atoms with Gasteiger partial charge in [-0.1, -0.05) is 31.2 Å². The van der Waals surface area contributed by atoms with E-state index in [1.807, 2.05) is 35.8 Å². The van der Waals surface area contributed by atoms with E-state index in [1.54, 1.807) is 13.4 Å². The minimum Gasteiger partial charge on any atom is -0.497 e. The van der Waals surface area contributed by atoms with Crippen LogP contribution in [0.5, 0.6) is 5.75 Å². The number of ether oxygens (including phenoxy) is 1. The first kappa shape index (κ1) is 22.9. The fourth-order valence-corrected chi connectivity index (χ4v) is 2.38. The number of halogens is 1. The highest BCUT2D eigenvalue weighted by atomic mass is 127. The van der Waals surface area contributed by atoms with Crippen LogP contribution in [0.4, 0.5) is 0 Å². The second-order valence-electron chi connectivity index (χ2n) is 6.05. The van der Waals surface area contributed by atoms with E-state index in [2.05, 4.69) is 39.3 Å². The number of hydrogen-bond donors (Lipinski definition) is 2. The first-order valence-electron chi connectivity index (χ1n) is 8.78. The Balaban J connectivity index is 0.00000364. The third-order valence-electron chi connectivity index (χ3n) is 3.77. The van der Waals surface area contributed by atoms with Crippen LogP contribution >= 0.6 is 24.0 Å². The van der Waals surface area contributed by atoms with Crippen molar-refractivity contribution in [2.24, 2.45) is 4.99 Å². The van der Waals surface area contributed by atoms with Crippen LogP contribution in [-0.4, -0.2) is 40.9 Å². The number of nitrogens with zero attached hydrogens (tertiary/aromatic N) is 4. The van der Waals surface area contributed by atoms with Crippen molar-refractivity contribution in [2.45, 2.75) is 33.4 Å². The van der Waals surface area contributed by atoms with Gasteiger partial charge in [0, 0.05) is 26.1 Å². The van der Waals surface area contributed by atoms with Crippen LogP contribution in [0.3, 0.4) is 0 Å². The van der Waals surface area contributed by atoms with Crippen molar-refractivity contribution in [2.75, 3.05) is 20.2 Å². The smallest absolute Gasteiger partial charge is 0.191 e. The standard InChI is InChI=1S/C19H28N6O.HI/c1-5-18-24-23-14-25(18)10-9-20-19(21-12-15(2)3)22-13-16-7-6-8-17(11-16)26-4;/h6-8,11,14H,2,5,9-10,12-13H2,1,3-4H3,(H2,20,21,22);1H. The second-order valence-corrected chi connectivity index (χ2v) is 6.05. The Bertz CT molecular complexity index is 743. The lowest BCUT2D eigenvalue weighted by molar-refractivity contribution is 0.414. The van der Waals surface area contributed by atoms with Crippen molar-refractivity contribution in [3.8, 4) is 5.75 Å². The Morgan fingerprint density at radius 1 is 1.33 bits per heavy atom. The lowest BCUT2D eigenvalue weighted by atomic mass is 10.2. The van der Waals surface area contributed by atoms with Gasteiger partial charge < -0.3 is 19.9 Å². The molecule has 7 nitrogen and oxygen atoms in total. The molecule has 1 aromatic heterocycles. The molecule has 2 N–H and O–H groups in total. The van der Waals surface area contributed by atoms with Crippen molar-refractivity contribution in [3.05, 3.63) is 54.1 Å². The van der Waals surface area contributed by atoms with Crippen molar-refractivity contribution in [1.82, 2.24) is 25.4 Å². The summed E-state index contributed by atoms with van der Waals surface area (Å²) in [4.78, 5) is 4.66. The molecule has 0 amide bonds. The Morgan fingerprint density at radius 2 is 2.15 bits per heavy atom. The molecule has 8 heteroatoms. The summed E-state index contributed by atoms with van der Waals surface area (Å²) in [5, 5.41) is 14.7. The van der Waals surface area contributed by atoms with Crippen molar-refractivity contribution in [3.63, 3.8) is 0 Å². The maximum Gasteiger partial charge on any atom is 0.191 e. The molecule has 0 bridgehead atoms. The van der Waals surface area contributed by atoms with Gasteiger partial charge in [0.05, 0.1) is 13.7 Å². The molecule has 148 valence electrons. The lowest BCUT2D eigenvalue weighted by Crippen LogP contribution is -2.39. The largest absolute Gasteiger partial charge is 0.497 e. The zero-order valence-corrected chi connectivity index (χ0v) is 18.6. The van der Waals surface area contributed by atoms with E-state index >= 15 is 0 Å². The molecule has 0 unspecified atom stereocenters.